The zero-order chi connectivity index (χ0) is 10.8. The van der Waals surface area contributed by atoms with Gasteiger partial charge >= 0.3 is 0 Å². The number of Topliss-reactive ketones (excluding diaryl/α,β-unsaturated/α-hetero) is 1. The van der Waals surface area contributed by atoms with E-state index < -0.39 is 0 Å². The molecule has 0 saturated heterocycles. The van der Waals surface area contributed by atoms with Gasteiger partial charge in [0.25, 0.3) is 0 Å². The normalized spacial score (nSPS) is 21.3. The fourth-order valence-electron chi connectivity index (χ4n) is 2.20. The third-order valence-electron chi connectivity index (χ3n) is 3.22. The Kier molecular flexibility index (Phi) is 2.87. The van der Waals surface area contributed by atoms with E-state index in [-0.39, 0.29) is 0 Å². The van der Waals surface area contributed by atoms with Crippen LogP contribution in [-0.4, -0.2) is 30.8 Å². The molecule has 0 bridgehead atoms. The van der Waals surface area contributed by atoms with Crippen molar-refractivity contribution in [3.8, 4) is 0 Å². The molecule has 1 aromatic carbocycles. The minimum atomic E-state index is 0.293. The Labute approximate surface area is 90.9 Å². The zero-order valence-electron chi connectivity index (χ0n) is 9.36. The van der Waals surface area contributed by atoms with Crippen molar-refractivity contribution < 1.29 is 4.79 Å². The number of benzene rings is 1. The fraction of sp³-hybridized carbons (Fsp3) is 0.462. The number of fused-ring (bicyclic) bond motifs is 1. The molecule has 15 heavy (non-hydrogen) atoms. The van der Waals surface area contributed by atoms with Crippen molar-refractivity contribution >= 4 is 5.78 Å². The number of ketones is 1. The molecule has 0 heterocycles. The fourth-order valence-corrected chi connectivity index (χ4v) is 2.20. The largest absolute Gasteiger partial charge is 0.306 e. The Morgan fingerprint density at radius 3 is 2.73 bits per heavy atom. The zero-order valence-corrected chi connectivity index (χ0v) is 9.36. The summed E-state index contributed by atoms with van der Waals surface area (Å²) in [5.74, 6) is 0.293. The molecule has 0 aliphatic heterocycles. The lowest BCUT2D eigenvalue weighted by molar-refractivity contribution is 0.0947. The second kappa shape index (κ2) is 4.15. The molecule has 1 unspecified atom stereocenters. The highest BCUT2D eigenvalue weighted by atomic mass is 16.1. The maximum absolute atomic E-state index is 12.0. The second-order valence-electron chi connectivity index (χ2n) is 4.44. The summed E-state index contributed by atoms with van der Waals surface area (Å²) in [5.41, 5.74) is 2.15. The molecule has 1 aliphatic rings. The van der Waals surface area contributed by atoms with Crippen LogP contribution in [0.5, 0.6) is 0 Å². The quantitative estimate of drug-likeness (QED) is 0.652. The summed E-state index contributed by atoms with van der Waals surface area (Å²) in [6.07, 6.45) is 2.75. The number of hydrogen-bond acceptors (Lipinski definition) is 2. The molecule has 2 heteroatoms. The van der Waals surface area contributed by atoms with Crippen LogP contribution in [0.15, 0.2) is 24.3 Å². The second-order valence-corrected chi connectivity index (χ2v) is 4.44. The third-order valence-corrected chi connectivity index (χ3v) is 3.22. The highest BCUT2D eigenvalue weighted by Crippen LogP contribution is 2.22. The Hall–Kier alpha value is -1.15. The van der Waals surface area contributed by atoms with Gasteiger partial charge in [-0.1, -0.05) is 24.3 Å². The summed E-state index contributed by atoms with van der Waals surface area (Å²) < 4.78 is 0. The van der Waals surface area contributed by atoms with Crippen LogP contribution in [0, 0.1) is 0 Å². The standard InChI is InChI=1S/C13H17NO/c1-14(2)11-8-7-10-5-3-4-6-12(10)13(15)9-11/h3-6,11H,7-9H2,1-2H3. The first-order valence-electron chi connectivity index (χ1n) is 5.46. The Balaban J connectivity index is 2.28. The summed E-state index contributed by atoms with van der Waals surface area (Å²) in [4.78, 5) is 14.2. The van der Waals surface area contributed by atoms with Crippen molar-refractivity contribution in [1.82, 2.24) is 4.90 Å². The molecule has 0 spiro atoms. The molecule has 2 rings (SSSR count). The molecule has 80 valence electrons. The topological polar surface area (TPSA) is 20.3 Å². The third kappa shape index (κ3) is 2.10. The maximum atomic E-state index is 12.0. The van der Waals surface area contributed by atoms with Crippen LogP contribution in [-0.2, 0) is 6.42 Å². The first kappa shape index (κ1) is 10.4. The van der Waals surface area contributed by atoms with Crippen molar-refractivity contribution in [2.75, 3.05) is 14.1 Å². The van der Waals surface area contributed by atoms with Crippen LogP contribution in [0.25, 0.3) is 0 Å². The van der Waals surface area contributed by atoms with Gasteiger partial charge in [-0.25, -0.2) is 0 Å². The van der Waals surface area contributed by atoms with E-state index in [0.717, 1.165) is 18.4 Å². The molecule has 0 radical (unpaired) electrons. The van der Waals surface area contributed by atoms with Gasteiger partial charge in [0.15, 0.2) is 5.78 Å². The molecule has 0 fully saturated rings. The molecule has 0 N–H and O–H groups in total. The molecule has 0 saturated carbocycles. The number of hydrogen-bond donors (Lipinski definition) is 0. The van der Waals surface area contributed by atoms with Gasteiger partial charge in [0.05, 0.1) is 0 Å². The van der Waals surface area contributed by atoms with E-state index in [1.165, 1.54) is 5.56 Å². The minimum Gasteiger partial charge on any atom is -0.306 e. The number of rotatable bonds is 1. The average Bonchev–Trinajstić information content (AvgIpc) is 2.39. The first-order valence-corrected chi connectivity index (χ1v) is 5.46. The summed E-state index contributed by atoms with van der Waals surface area (Å²) in [6, 6.07) is 8.39. The molecular weight excluding hydrogens is 186 g/mol. The van der Waals surface area contributed by atoms with E-state index in [2.05, 4.69) is 11.0 Å². The monoisotopic (exact) mass is 203 g/mol. The van der Waals surface area contributed by atoms with E-state index in [0.29, 0.717) is 18.2 Å². The number of nitrogens with zero attached hydrogens (tertiary/aromatic N) is 1. The van der Waals surface area contributed by atoms with Gasteiger partial charge in [-0.3, -0.25) is 4.79 Å². The molecule has 0 amide bonds. The molecule has 1 atom stereocenters. The van der Waals surface area contributed by atoms with Crippen molar-refractivity contribution in [2.45, 2.75) is 25.3 Å². The predicted molar refractivity (Wildman–Crippen MR) is 61.2 cm³/mol. The smallest absolute Gasteiger partial charge is 0.164 e. The average molecular weight is 203 g/mol. The lowest BCUT2D eigenvalue weighted by Gasteiger charge is -2.21. The van der Waals surface area contributed by atoms with E-state index in [4.69, 9.17) is 0 Å². The Morgan fingerprint density at radius 2 is 2.00 bits per heavy atom. The molecule has 0 aromatic heterocycles. The summed E-state index contributed by atoms with van der Waals surface area (Å²) in [5, 5.41) is 0. The van der Waals surface area contributed by atoms with Gasteiger partial charge in [-0.05, 0) is 32.5 Å². The molecular formula is C13H17NO. The van der Waals surface area contributed by atoms with Crippen molar-refractivity contribution in [3.63, 3.8) is 0 Å². The molecule has 1 aromatic rings. The van der Waals surface area contributed by atoms with E-state index in [9.17, 15) is 4.79 Å². The van der Waals surface area contributed by atoms with Crippen molar-refractivity contribution in [3.05, 3.63) is 35.4 Å². The van der Waals surface area contributed by atoms with Gasteiger partial charge in [0, 0.05) is 18.0 Å². The lowest BCUT2D eigenvalue weighted by atomic mass is 10.0. The molecule has 2 nitrogen and oxygen atoms in total. The van der Waals surface area contributed by atoms with Gasteiger partial charge in [0.2, 0.25) is 0 Å². The summed E-state index contributed by atoms with van der Waals surface area (Å²) >= 11 is 0. The van der Waals surface area contributed by atoms with Gasteiger partial charge in [-0.2, -0.15) is 0 Å². The van der Waals surface area contributed by atoms with Gasteiger partial charge in [-0.15, -0.1) is 0 Å². The first-order chi connectivity index (χ1) is 7.18. The van der Waals surface area contributed by atoms with E-state index >= 15 is 0 Å². The molecule has 1 aliphatic carbocycles. The SMILES string of the molecule is CN(C)C1CCc2ccccc2C(=O)C1. The van der Waals surface area contributed by atoms with Crippen LogP contribution in [0.1, 0.15) is 28.8 Å². The number of aryl methyl sites for hydroxylation is 1. The highest BCUT2D eigenvalue weighted by Gasteiger charge is 2.22. The van der Waals surface area contributed by atoms with Gasteiger partial charge < -0.3 is 4.90 Å². The van der Waals surface area contributed by atoms with Crippen LogP contribution < -0.4 is 0 Å². The van der Waals surface area contributed by atoms with Crippen LogP contribution in [0.4, 0.5) is 0 Å². The highest BCUT2D eigenvalue weighted by molar-refractivity contribution is 5.98. The van der Waals surface area contributed by atoms with Crippen LogP contribution in [0.3, 0.4) is 0 Å². The van der Waals surface area contributed by atoms with E-state index in [1.807, 2.05) is 32.3 Å². The van der Waals surface area contributed by atoms with Crippen molar-refractivity contribution in [1.29, 1.82) is 0 Å². The summed E-state index contributed by atoms with van der Waals surface area (Å²) in [7, 11) is 4.10. The Morgan fingerprint density at radius 1 is 1.27 bits per heavy atom. The predicted octanol–water partition coefficient (Wildman–Crippen LogP) is 2.14. The van der Waals surface area contributed by atoms with Crippen molar-refractivity contribution in [2.24, 2.45) is 0 Å². The minimum absolute atomic E-state index is 0.293. The maximum Gasteiger partial charge on any atom is 0.164 e. The van der Waals surface area contributed by atoms with Crippen LogP contribution in [0.2, 0.25) is 0 Å². The van der Waals surface area contributed by atoms with Gasteiger partial charge in [0.1, 0.15) is 0 Å². The lowest BCUT2D eigenvalue weighted by Crippen LogP contribution is -2.29. The summed E-state index contributed by atoms with van der Waals surface area (Å²) in [6.45, 7) is 0. The number of carbonyl (C=O) groups excluding carboxylic acids is 1. The number of carbonyl (C=O) groups is 1. The van der Waals surface area contributed by atoms with E-state index in [1.54, 1.807) is 0 Å². The Bertz CT molecular complexity index is 371. The van der Waals surface area contributed by atoms with Crippen LogP contribution >= 0.6 is 0 Å².